The van der Waals surface area contributed by atoms with Gasteiger partial charge in [0.25, 0.3) is 0 Å². The predicted molar refractivity (Wildman–Crippen MR) is 73.5 cm³/mol. The van der Waals surface area contributed by atoms with Crippen LogP contribution in [0.25, 0.3) is 0 Å². The molecule has 0 radical (unpaired) electrons. The SMILES string of the molecule is O=C(Nc1ncccn1)N([N+](=O)[O-])S(=O)(=O)c1ccccc1. The maximum absolute atomic E-state index is 12.2. The quantitative estimate of drug-likeness (QED) is 0.651. The molecule has 0 saturated carbocycles. The Balaban J connectivity index is 2.35. The van der Waals surface area contributed by atoms with Crippen molar-refractivity contribution in [2.24, 2.45) is 0 Å². The second-order valence-corrected chi connectivity index (χ2v) is 5.57. The number of anilines is 1. The zero-order valence-corrected chi connectivity index (χ0v) is 11.7. The topological polar surface area (TPSA) is 135 Å². The Morgan fingerprint density at radius 1 is 1.14 bits per heavy atom. The van der Waals surface area contributed by atoms with E-state index < -0.39 is 30.4 Å². The maximum Gasteiger partial charge on any atom is 0.401 e. The largest absolute Gasteiger partial charge is 0.401 e. The lowest BCUT2D eigenvalue weighted by molar-refractivity contribution is -0.597. The Morgan fingerprint density at radius 2 is 1.73 bits per heavy atom. The highest BCUT2D eigenvalue weighted by Crippen LogP contribution is 2.16. The van der Waals surface area contributed by atoms with Gasteiger partial charge in [0.05, 0.1) is 9.31 Å². The van der Waals surface area contributed by atoms with Crippen molar-refractivity contribution in [3.63, 3.8) is 0 Å². The van der Waals surface area contributed by atoms with Gasteiger partial charge in [0.2, 0.25) is 5.95 Å². The number of carbonyl (C=O) groups excluding carboxylic acids is 1. The summed E-state index contributed by atoms with van der Waals surface area (Å²) in [7, 11) is -4.65. The second kappa shape index (κ2) is 6.13. The smallest absolute Gasteiger partial charge is 0.270 e. The van der Waals surface area contributed by atoms with Gasteiger partial charge in [0.15, 0.2) is 5.03 Å². The van der Waals surface area contributed by atoms with Gasteiger partial charge in [-0.15, -0.1) is 0 Å². The highest BCUT2D eigenvalue weighted by Gasteiger charge is 2.40. The van der Waals surface area contributed by atoms with E-state index in [4.69, 9.17) is 0 Å². The fourth-order valence-electron chi connectivity index (χ4n) is 1.47. The maximum atomic E-state index is 12.2. The molecule has 0 aliphatic rings. The molecule has 2 amide bonds. The van der Waals surface area contributed by atoms with Crippen LogP contribution in [-0.4, -0.2) is 33.9 Å². The van der Waals surface area contributed by atoms with E-state index in [2.05, 4.69) is 9.97 Å². The molecule has 0 aliphatic carbocycles. The summed E-state index contributed by atoms with van der Waals surface area (Å²) in [5.41, 5.74) is 0. The van der Waals surface area contributed by atoms with Gasteiger partial charge in [-0.1, -0.05) is 18.2 Å². The molecule has 1 aromatic heterocycles. The lowest BCUT2D eigenvalue weighted by Gasteiger charge is -2.12. The Kier molecular flexibility index (Phi) is 4.27. The number of nitro groups is 1. The Hall–Kier alpha value is -3.08. The zero-order chi connectivity index (χ0) is 16.2. The molecular weight excluding hydrogens is 314 g/mol. The molecular formula is C11H9N5O5S. The van der Waals surface area contributed by atoms with E-state index in [1.807, 2.05) is 5.32 Å². The summed E-state index contributed by atoms with van der Waals surface area (Å²) in [4.78, 5) is 29.8. The average Bonchev–Trinajstić information content (AvgIpc) is 2.48. The Labute approximate surface area is 124 Å². The van der Waals surface area contributed by atoms with Crippen molar-refractivity contribution in [1.29, 1.82) is 0 Å². The van der Waals surface area contributed by atoms with Crippen LogP contribution in [0.3, 0.4) is 0 Å². The van der Waals surface area contributed by atoms with Crippen LogP contribution >= 0.6 is 0 Å². The summed E-state index contributed by atoms with van der Waals surface area (Å²) in [6.07, 6.45) is 2.57. The first kappa shape index (κ1) is 15.3. The summed E-state index contributed by atoms with van der Waals surface area (Å²) in [5, 5.41) is 11.6. The highest BCUT2D eigenvalue weighted by atomic mass is 32.2. The molecule has 2 aromatic rings. The minimum atomic E-state index is -4.65. The molecule has 22 heavy (non-hydrogen) atoms. The molecule has 0 saturated heterocycles. The van der Waals surface area contributed by atoms with E-state index in [-0.39, 0.29) is 5.95 Å². The van der Waals surface area contributed by atoms with Gasteiger partial charge in [-0.2, -0.15) is 8.42 Å². The Morgan fingerprint density at radius 3 is 2.27 bits per heavy atom. The van der Waals surface area contributed by atoms with Crippen LogP contribution in [-0.2, 0) is 10.0 Å². The van der Waals surface area contributed by atoms with E-state index in [0.717, 1.165) is 12.1 Å². The predicted octanol–water partition coefficient (Wildman–Crippen LogP) is 0.891. The highest BCUT2D eigenvalue weighted by molar-refractivity contribution is 7.89. The fraction of sp³-hybridized carbons (Fsp3) is 0. The van der Waals surface area contributed by atoms with Crippen molar-refractivity contribution < 1.29 is 18.2 Å². The van der Waals surface area contributed by atoms with E-state index in [9.17, 15) is 23.3 Å². The number of benzene rings is 1. The third-order valence-electron chi connectivity index (χ3n) is 2.38. The summed E-state index contributed by atoms with van der Waals surface area (Å²) in [6, 6.07) is 6.53. The fourth-order valence-corrected chi connectivity index (χ4v) is 2.61. The van der Waals surface area contributed by atoms with E-state index in [0.29, 0.717) is 0 Å². The van der Waals surface area contributed by atoms with Crippen molar-refractivity contribution in [2.75, 3.05) is 5.32 Å². The number of nitrogens with one attached hydrogen (secondary N) is 1. The van der Waals surface area contributed by atoms with Crippen molar-refractivity contribution in [2.45, 2.75) is 4.90 Å². The van der Waals surface area contributed by atoms with Crippen LogP contribution in [0.15, 0.2) is 53.7 Å². The molecule has 10 nitrogen and oxygen atoms in total. The molecule has 0 unspecified atom stereocenters. The third-order valence-corrected chi connectivity index (χ3v) is 4.00. The van der Waals surface area contributed by atoms with Crippen molar-refractivity contribution in [3.05, 3.63) is 58.9 Å². The molecule has 1 aromatic carbocycles. The number of nitrogens with zero attached hydrogens (tertiary/aromatic N) is 4. The van der Waals surface area contributed by atoms with E-state index in [1.54, 1.807) is 0 Å². The molecule has 0 aliphatic heterocycles. The normalized spacial score (nSPS) is 10.7. The monoisotopic (exact) mass is 323 g/mol. The lowest BCUT2D eigenvalue weighted by Crippen LogP contribution is -2.44. The second-order valence-electron chi connectivity index (χ2n) is 3.80. The van der Waals surface area contributed by atoms with E-state index in [1.165, 1.54) is 36.7 Å². The van der Waals surface area contributed by atoms with Crippen LogP contribution in [0.1, 0.15) is 0 Å². The standard InChI is InChI=1S/C11H9N5O5S/c17-11(14-10-12-7-4-8-13-10)15(16(18)19)22(20,21)9-5-2-1-3-6-9/h1-8H,(H,12,13,14,17). The molecule has 114 valence electrons. The summed E-state index contributed by atoms with van der Waals surface area (Å²) in [6.45, 7) is 0. The van der Waals surface area contributed by atoms with Crippen molar-refractivity contribution in [3.8, 4) is 0 Å². The molecule has 11 heteroatoms. The van der Waals surface area contributed by atoms with Gasteiger partial charge in [0.1, 0.15) is 0 Å². The summed E-state index contributed by atoms with van der Waals surface area (Å²) >= 11 is 0. The van der Waals surface area contributed by atoms with Crippen LogP contribution in [0.4, 0.5) is 10.7 Å². The number of hydrogen-bond donors (Lipinski definition) is 1. The Bertz CT molecular complexity index is 781. The van der Waals surface area contributed by atoms with E-state index >= 15 is 0 Å². The first-order valence-electron chi connectivity index (χ1n) is 5.75. The number of aromatic nitrogens is 2. The first-order chi connectivity index (χ1) is 10.4. The lowest BCUT2D eigenvalue weighted by atomic mass is 10.4. The number of urea groups is 1. The first-order valence-corrected chi connectivity index (χ1v) is 7.19. The molecule has 0 spiro atoms. The minimum Gasteiger partial charge on any atom is -0.270 e. The summed E-state index contributed by atoms with van der Waals surface area (Å²) < 4.78 is 23.9. The van der Waals surface area contributed by atoms with Crippen LogP contribution < -0.4 is 5.32 Å². The van der Waals surface area contributed by atoms with Gasteiger partial charge < -0.3 is 0 Å². The number of hydrogen-bond acceptors (Lipinski definition) is 7. The molecule has 0 fully saturated rings. The molecule has 0 bridgehead atoms. The zero-order valence-electron chi connectivity index (χ0n) is 10.9. The van der Waals surface area contributed by atoms with Gasteiger partial charge in [-0.25, -0.2) is 24.9 Å². The van der Waals surface area contributed by atoms with Gasteiger partial charge in [-0.3, -0.25) is 5.32 Å². The van der Waals surface area contributed by atoms with Gasteiger partial charge >= 0.3 is 16.1 Å². The van der Waals surface area contributed by atoms with Crippen LogP contribution in [0, 0.1) is 10.1 Å². The number of sulfonamides is 1. The molecule has 2 rings (SSSR count). The van der Waals surface area contributed by atoms with Crippen LogP contribution in [0.5, 0.6) is 0 Å². The van der Waals surface area contributed by atoms with Crippen LogP contribution in [0.2, 0.25) is 0 Å². The minimum absolute atomic E-state index is 0.261. The van der Waals surface area contributed by atoms with Crippen molar-refractivity contribution >= 4 is 22.0 Å². The number of rotatable bonds is 4. The van der Waals surface area contributed by atoms with Gasteiger partial charge in [0, 0.05) is 12.4 Å². The average molecular weight is 323 g/mol. The van der Waals surface area contributed by atoms with Crippen molar-refractivity contribution in [1.82, 2.24) is 14.4 Å². The summed E-state index contributed by atoms with van der Waals surface area (Å²) in [5.74, 6) is -0.261. The van der Waals surface area contributed by atoms with Gasteiger partial charge in [-0.05, 0) is 18.2 Å². The number of amides is 2. The molecule has 0 atom stereocenters. The number of carbonyl (C=O) groups is 1. The molecule has 1 N–H and O–H groups in total. The third kappa shape index (κ3) is 3.15. The molecule has 1 heterocycles. The number of hydrazine groups is 1.